The number of alkyl halides is 1. The van der Waals surface area contributed by atoms with Gasteiger partial charge in [-0.1, -0.05) is 0 Å². The third kappa shape index (κ3) is 3.91. The van der Waals surface area contributed by atoms with Crippen LogP contribution in [0.4, 0.5) is 11.6 Å². The molecule has 0 aromatic carbocycles. The van der Waals surface area contributed by atoms with Crippen molar-refractivity contribution in [2.45, 2.75) is 18.8 Å². The third-order valence-electron chi connectivity index (χ3n) is 2.91. The number of hydrogen-bond acceptors (Lipinski definition) is 5. The minimum atomic E-state index is -0.601. The number of carbonyl (C=O) groups excluding carboxylic acids is 1. The summed E-state index contributed by atoms with van der Waals surface area (Å²) in [6, 6.07) is 0. The summed E-state index contributed by atoms with van der Waals surface area (Å²) >= 11 is 5.68. The van der Waals surface area contributed by atoms with E-state index in [4.69, 9.17) is 11.6 Å². The molecule has 0 aliphatic carbocycles. The molecular weight excluding hydrogens is 292 g/mol. The van der Waals surface area contributed by atoms with Gasteiger partial charge < -0.3 is 14.8 Å². The van der Waals surface area contributed by atoms with E-state index in [9.17, 15) is 4.79 Å². The van der Waals surface area contributed by atoms with Crippen LogP contribution in [0.25, 0.3) is 0 Å². The molecule has 1 unspecified atom stereocenters. The molecule has 1 amide bonds. The maximum absolute atomic E-state index is 11.5. The zero-order valence-corrected chi connectivity index (χ0v) is 12.9. The summed E-state index contributed by atoms with van der Waals surface area (Å²) < 4.78 is 1.94. The van der Waals surface area contributed by atoms with Gasteiger partial charge in [-0.3, -0.25) is 4.79 Å². The van der Waals surface area contributed by atoms with Crippen LogP contribution in [0.5, 0.6) is 0 Å². The van der Waals surface area contributed by atoms with Gasteiger partial charge in [0.1, 0.15) is 11.2 Å². The van der Waals surface area contributed by atoms with Crippen LogP contribution in [-0.4, -0.2) is 37.9 Å². The average molecular weight is 309 g/mol. The number of rotatable bonds is 5. The smallest absolute Gasteiger partial charge is 0.242 e. The standard InChI is InChI=1S/C13H17ClN6O/c1-9(14)12(21)18-10-6-16-13(17-7-10)20(3)8-11-15-4-5-19(11)2/h4-7,9H,8H2,1-3H3,(H,18,21). The Morgan fingerprint density at radius 2 is 2.10 bits per heavy atom. The third-order valence-corrected chi connectivity index (χ3v) is 3.11. The van der Waals surface area contributed by atoms with Crippen LogP contribution >= 0.6 is 11.6 Å². The van der Waals surface area contributed by atoms with Crippen molar-refractivity contribution in [2.75, 3.05) is 17.3 Å². The molecule has 0 radical (unpaired) electrons. The highest BCUT2D eigenvalue weighted by molar-refractivity contribution is 6.32. The Labute approximate surface area is 128 Å². The summed E-state index contributed by atoms with van der Waals surface area (Å²) in [4.78, 5) is 26.0. The zero-order chi connectivity index (χ0) is 15.4. The molecule has 0 aliphatic heterocycles. The number of halogens is 1. The number of nitrogens with zero attached hydrogens (tertiary/aromatic N) is 5. The molecule has 1 atom stereocenters. The van der Waals surface area contributed by atoms with Crippen molar-refractivity contribution < 1.29 is 4.79 Å². The minimum absolute atomic E-state index is 0.283. The number of imidazole rings is 1. The first-order valence-corrected chi connectivity index (χ1v) is 6.85. The zero-order valence-electron chi connectivity index (χ0n) is 12.1. The number of hydrogen-bond donors (Lipinski definition) is 1. The lowest BCUT2D eigenvalue weighted by Crippen LogP contribution is -2.22. The molecule has 21 heavy (non-hydrogen) atoms. The summed E-state index contributed by atoms with van der Waals surface area (Å²) in [6.45, 7) is 2.20. The van der Waals surface area contributed by atoms with E-state index in [0.717, 1.165) is 5.82 Å². The molecular formula is C13H17ClN6O. The van der Waals surface area contributed by atoms with Crippen LogP contribution in [0.3, 0.4) is 0 Å². The molecule has 7 nitrogen and oxygen atoms in total. The highest BCUT2D eigenvalue weighted by Gasteiger charge is 2.11. The highest BCUT2D eigenvalue weighted by atomic mass is 35.5. The number of aromatic nitrogens is 4. The van der Waals surface area contributed by atoms with Gasteiger partial charge in [0.25, 0.3) is 0 Å². The van der Waals surface area contributed by atoms with E-state index in [1.165, 1.54) is 0 Å². The SMILES string of the molecule is CC(Cl)C(=O)Nc1cnc(N(C)Cc2nccn2C)nc1. The lowest BCUT2D eigenvalue weighted by molar-refractivity contribution is -0.115. The first-order chi connectivity index (χ1) is 9.97. The van der Waals surface area contributed by atoms with Crippen LogP contribution in [0.1, 0.15) is 12.7 Å². The Balaban J connectivity index is 2.01. The number of aryl methyl sites for hydroxylation is 1. The Kier molecular flexibility index (Phi) is 4.74. The fourth-order valence-electron chi connectivity index (χ4n) is 1.66. The number of amides is 1. The van der Waals surface area contributed by atoms with E-state index in [0.29, 0.717) is 18.2 Å². The van der Waals surface area contributed by atoms with E-state index in [-0.39, 0.29) is 5.91 Å². The first-order valence-electron chi connectivity index (χ1n) is 6.41. The lowest BCUT2D eigenvalue weighted by Gasteiger charge is -2.16. The van der Waals surface area contributed by atoms with E-state index in [1.54, 1.807) is 25.5 Å². The Bertz CT molecular complexity index is 609. The average Bonchev–Trinajstić information content (AvgIpc) is 2.85. The van der Waals surface area contributed by atoms with Gasteiger partial charge in [0.05, 0.1) is 24.6 Å². The van der Waals surface area contributed by atoms with Gasteiger partial charge in [0, 0.05) is 26.5 Å². The van der Waals surface area contributed by atoms with Crippen LogP contribution in [0.2, 0.25) is 0 Å². The molecule has 112 valence electrons. The number of nitrogens with one attached hydrogen (secondary N) is 1. The van der Waals surface area contributed by atoms with Crippen LogP contribution in [0, 0.1) is 0 Å². The van der Waals surface area contributed by atoms with Crippen molar-refractivity contribution in [3.05, 3.63) is 30.6 Å². The molecule has 0 bridgehead atoms. The first kappa shape index (κ1) is 15.2. The molecule has 2 heterocycles. The summed E-state index contributed by atoms with van der Waals surface area (Å²) in [5, 5.41) is 2.03. The van der Waals surface area contributed by atoms with Gasteiger partial charge in [0.2, 0.25) is 11.9 Å². The maximum atomic E-state index is 11.5. The van der Waals surface area contributed by atoms with E-state index in [1.807, 2.05) is 29.8 Å². The quantitative estimate of drug-likeness (QED) is 0.845. The molecule has 8 heteroatoms. The molecule has 2 aromatic heterocycles. The Hall–Kier alpha value is -2.15. The van der Waals surface area contributed by atoms with Crippen molar-refractivity contribution in [1.29, 1.82) is 0 Å². The molecule has 2 rings (SSSR count). The normalized spacial score (nSPS) is 12.0. The van der Waals surface area contributed by atoms with E-state index >= 15 is 0 Å². The molecule has 0 fully saturated rings. The van der Waals surface area contributed by atoms with Crippen molar-refractivity contribution in [1.82, 2.24) is 19.5 Å². The maximum Gasteiger partial charge on any atom is 0.242 e. The second kappa shape index (κ2) is 6.53. The van der Waals surface area contributed by atoms with Gasteiger partial charge in [-0.25, -0.2) is 15.0 Å². The second-order valence-corrected chi connectivity index (χ2v) is 5.34. The molecule has 0 aliphatic rings. The minimum Gasteiger partial charge on any atom is -0.337 e. The van der Waals surface area contributed by atoms with E-state index < -0.39 is 5.38 Å². The van der Waals surface area contributed by atoms with Crippen molar-refractivity contribution in [2.24, 2.45) is 7.05 Å². The second-order valence-electron chi connectivity index (χ2n) is 4.69. The summed E-state index contributed by atoms with van der Waals surface area (Å²) in [5.41, 5.74) is 0.515. The fourth-order valence-corrected chi connectivity index (χ4v) is 1.71. The van der Waals surface area contributed by atoms with Gasteiger partial charge >= 0.3 is 0 Å². The van der Waals surface area contributed by atoms with E-state index in [2.05, 4.69) is 20.3 Å². The van der Waals surface area contributed by atoms with Gasteiger partial charge in [-0.05, 0) is 6.92 Å². The number of carbonyl (C=O) groups is 1. The van der Waals surface area contributed by atoms with Crippen molar-refractivity contribution in [3.8, 4) is 0 Å². The predicted molar refractivity (Wildman–Crippen MR) is 81.3 cm³/mol. The Morgan fingerprint density at radius 1 is 1.43 bits per heavy atom. The van der Waals surface area contributed by atoms with Gasteiger partial charge in [-0.2, -0.15) is 0 Å². The molecule has 0 spiro atoms. The molecule has 0 saturated heterocycles. The Morgan fingerprint density at radius 3 is 2.62 bits per heavy atom. The summed E-state index contributed by atoms with van der Waals surface area (Å²) in [7, 11) is 3.81. The summed E-state index contributed by atoms with van der Waals surface area (Å²) in [5.74, 6) is 1.18. The fraction of sp³-hybridized carbons (Fsp3) is 0.385. The lowest BCUT2D eigenvalue weighted by atomic mass is 10.4. The van der Waals surface area contributed by atoms with Crippen LogP contribution < -0.4 is 10.2 Å². The van der Waals surface area contributed by atoms with Gasteiger partial charge in [0.15, 0.2) is 0 Å². The van der Waals surface area contributed by atoms with Crippen LogP contribution in [0.15, 0.2) is 24.8 Å². The topological polar surface area (TPSA) is 75.9 Å². The summed E-state index contributed by atoms with van der Waals surface area (Å²) in [6.07, 6.45) is 6.73. The van der Waals surface area contributed by atoms with Crippen molar-refractivity contribution >= 4 is 29.1 Å². The highest BCUT2D eigenvalue weighted by Crippen LogP contribution is 2.12. The predicted octanol–water partition coefficient (Wildman–Crippen LogP) is 1.41. The van der Waals surface area contributed by atoms with Crippen LogP contribution in [-0.2, 0) is 18.4 Å². The van der Waals surface area contributed by atoms with Gasteiger partial charge in [-0.15, -0.1) is 11.6 Å². The largest absolute Gasteiger partial charge is 0.337 e. The molecule has 0 saturated carbocycles. The number of anilines is 2. The molecule has 2 aromatic rings. The van der Waals surface area contributed by atoms with Crippen molar-refractivity contribution in [3.63, 3.8) is 0 Å². The monoisotopic (exact) mass is 308 g/mol. The molecule has 1 N–H and O–H groups in total.